The maximum Gasteiger partial charge on any atom is 0.416 e. The van der Waals surface area contributed by atoms with Crippen molar-refractivity contribution >= 4 is 22.9 Å². The number of nitrogens with one attached hydrogen (secondary N) is 1. The molecule has 3 aromatic rings. The van der Waals surface area contributed by atoms with Crippen LogP contribution in [0.15, 0.2) is 53.9 Å². The van der Waals surface area contributed by atoms with Gasteiger partial charge >= 0.3 is 6.18 Å². The van der Waals surface area contributed by atoms with E-state index >= 15 is 0 Å². The summed E-state index contributed by atoms with van der Waals surface area (Å²) in [6.07, 6.45) is -4.40. The number of ether oxygens (including phenoxy) is 1. The van der Waals surface area contributed by atoms with E-state index in [2.05, 4.69) is 5.32 Å². The smallest absolute Gasteiger partial charge is 0.416 e. The summed E-state index contributed by atoms with van der Waals surface area (Å²) in [5, 5.41) is 4.43. The Morgan fingerprint density at radius 3 is 2.50 bits per heavy atom. The number of hydrogen-bond donors (Lipinski definition) is 1. The zero-order valence-electron chi connectivity index (χ0n) is 15.3. The molecule has 0 spiro atoms. The molecule has 0 unspecified atom stereocenters. The lowest BCUT2D eigenvalue weighted by Gasteiger charge is -2.10. The minimum atomic E-state index is -4.40. The Balaban J connectivity index is 1.61. The van der Waals surface area contributed by atoms with E-state index in [1.54, 1.807) is 6.07 Å². The molecule has 0 saturated carbocycles. The second-order valence-corrected chi connectivity index (χ2v) is 7.25. The number of carbonyl (C=O) groups excluding carboxylic acids is 1. The highest BCUT2D eigenvalue weighted by molar-refractivity contribution is 7.12. The minimum Gasteiger partial charge on any atom is -0.489 e. The summed E-state index contributed by atoms with van der Waals surface area (Å²) in [6, 6.07) is 11.9. The highest BCUT2D eigenvalue weighted by Crippen LogP contribution is 2.30. The number of benzene rings is 2. The molecule has 1 N–H and O–H groups in total. The number of alkyl halides is 3. The summed E-state index contributed by atoms with van der Waals surface area (Å²) in [6.45, 7) is 4.33. The van der Waals surface area contributed by atoms with Crippen LogP contribution in [0, 0.1) is 13.8 Å². The van der Waals surface area contributed by atoms with E-state index in [1.807, 2.05) is 37.4 Å². The summed E-state index contributed by atoms with van der Waals surface area (Å²) < 4.78 is 43.6. The molecule has 1 aromatic heterocycles. The Morgan fingerprint density at radius 2 is 1.82 bits per heavy atom. The average Bonchev–Trinajstić information content (AvgIpc) is 3.12. The molecule has 1 heterocycles. The predicted octanol–water partition coefficient (Wildman–Crippen LogP) is 6.22. The van der Waals surface area contributed by atoms with Gasteiger partial charge in [0.2, 0.25) is 0 Å². The van der Waals surface area contributed by atoms with Crippen molar-refractivity contribution in [1.29, 1.82) is 0 Å². The highest BCUT2D eigenvalue weighted by atomic mass is 32.1. The van der Waals surface area contributed by atoms with Gasteiger partial charge in [-0.2, -0.15) is 13.2 Å². The largest absolute Gasteiger partial charge is 0.489 e. The van der Waals surface area contributed by atoms with Crippen LogP contribution in [0.1, 0.15) is 31.9 Å². The zero-order valence-corrected chi connectivity index (χ0v) is 16.1. The number of anilines is 1. The molecular weight excluding hydrogens is 387 g/mol. The normalized spacial score (nSPS) is 11.3. The Morgan fingerprint density at radius 1 is 1.11 bits per heavy atom. The summed E-state index contributed by atoms with van der Waals surface area (Å²) >= 11 is 1.25. The van der Waals surface area contributed by atoms with Gasteiger partial charge in [-0.25, -0.2) is 0 Å². The number of carbonyl (C=O) groups is 1. The van der Waals surface area contributed by atoms with E-state index in [0.717, 1.165) is 34.6 Å². The van der Waals surface area contributed by atoms with Gasteiger partial charge in [-0.15, -0.1) is 11.3 Å². The van der Waals surface area contributed by atoms with Crippen LogP contribution in [0.4, 0.5) is 18.9 Å². The van der Waals surface area contributed by atoms with Gasteiger partial charge in [-0.1, -0.05) is 12.1 Å². The van der Waals surface area contributed by atoms with Crippen molar-refractivity contribution in [3.63, 3.8) is 0 Å². The quantitative estimate of drug-likeness (QED) is 0.548. The number of thiophene rings is 1. The van der Waals surface area contributed by atoms with Gasteiger partial charge in [0.15, 0.2) is 0 Å². The van der Waals surface area contributed by atoms with E-state index in [9.17, 15) is 18.0 Å². The van der Waals surface area contributed by atoms with Gasteiger partial charge < -0.3 is 10.1 Å². The maximum absolute atomic E-state index is 12.6. The topological polar surface area (TPSA) is 38.3 Å². The molecule has 146 valence electrons. The Labute approximate surface area is 164 Å². The average molecular weight is 405 g/mol. The number of amides is 1. The van der Waals surface area contributed by atoms with Crippen molar-refractivity contribution in [3.05, 3.63) is 81.0 Å². The second kappa shape index (κ2) is 8.06. The molecular formula is C21H18F3NO2S. The Kier molecular flexibility index (Phi) is 5.74. The Bertz CT molecular complexity index is 978. The standard InChI is InChI=1S/C21H18F3NO2S/c1-13-4-3-5-18(14(13)2)27-11-15-10-19(28-12-15)20(26)25-17-8-6-16(7-9-17)21(22,23)24/h3-10,12H,11H2,1-2H3,(H,25,26). The van der Waals surface area contributed by atoms with Crippen molar-refractivity contribution in [2.75, 3.05) is 5.32 Å². The summed E-state index contributed by atoms with van der Waals surface area (Å²) in [7, 11) is 0. The van der Waals surface area contributed by atoms with Gasteiger partial charge in [0.25, 0.3) is 5.91 Å². The van der Waals surface area contributed by atoms with Crippen molar-refractivity contribution < 1.29 is 22.7 Å². The summed E-state index contributed by atoms with van der Waals surface area (Å²) in [4.78, 5) is 12.8. The van der Waals surface area contributed by atoms with Gasteiger partial charge in [-0.3, -0.25) is 4.79 Å². The lowest BCUT2D eigenvalue weighted by molar-refractivity contribution is -0.137. The van der Waals surface area contributed by atoms with Crippen LogP contribution in [0.3, 0.4) is 0 Å². The fourth-order valence-electron chi connectivity index (χ4n) is 2.55. The maximum atomic E-state index is 12.6. The van der Waals surface area contributed by atoms with Gasteiger partial charge in [-0.05, 0) is 66.8 Å². The molecule has 0 bridgehead atoms. The molecule has 0 aliphatic rings. The molecule has 1 amide bonds. The molecule has 7 heteroatoms. The van der Waals surface area contributed by atoms with Crippen LogP contribution >= 0.6 is 11.3 Å². The Hall–Kier alpha value is -2.80. The SMILES string of the molecule is Cc1cccc(OCc2csc(C(=O)Nc3ccc(C(F)(F)F)cc3)c2)c1C. The number of aryl methyl sites for hydroxylation is 1. The molecule has 3 rings (SSSR count). The summed E-state index contributed by atoms with van der Waals surface area (Å²) in [5.41, 5.74) is 2.60. The first-order valence-corrected chi connectivity index (χ1v) is 9.37. The predicted molar refractivity (Wildman–Crippen MR) is 104 cm³/mol. The molecule has 28 heavy (non-hydrogen) atoms. The molecule has 0 atom stereocenters. The third-order valence-electron chi connectivity index (χ3n) is 4.30. The summed E-state index contributed by atoms with van der Waals surface area (Å²) in [5.74, 6) is 0.421. The number of hydrogen-bond acceptors (Lipinski definition) is 3. The molecule has 0 fully saturated rings. The van der Waals surface area contributed by atoms with Gasteiger partial charge in [0.1, 0.15) is 12.4 Å². The van der Waals surface area contributed by atoms with Crippen LogP contribution < -0.4 is 10.1 Å². The third kappa shape index (κ3) is 4.72. The lowest BCUT2D eigenvalue weighted by atomic mass is 10.1. The monoisotopic (exact) mass is 405 g/mol. The van der Waals surface area contributed by atoms with Crippen LogP contribution in [0.5, 0.6) is 5.75 Å². The van der Waals surface area contributed by atoms with Crippen molar-refractivity contribution in [2.24, 2.45) is 0 Å². The lowest BCUT2D eigenvalue weighted by Crippen LogP contribution is -2.11. The van der Waals surface area contributed by atoms with E-state index in [0.29, 0.717) is 17.2 Å². The van der Waals surface area contributed by atoms with Crippen molar-refractivity contribution in [3.8, 4) is 5.75 Å². The minimum absolute atomic E-state index is 0.305. The number of rotatable bonds is 5. The zero-order chi connectivity index (χ0) is 20.3. The highest BCUT2D eigenvalue weighted by Gasteiger charge is 2.30. The van der Waals surface area contributed by atoms with Crippen LogP contribution in [-0.4, -0.2) is 5.91 Å². The first kappa shape index (κ1) is 19.9. The van der Waals surface area contributed by atoms with E-state index in [4.69, 9.17) is 4.74 Å². The molecule has 0 aliphatic heterocycles. The van der Waals surface area contributed by atoms with Crippen LogP contribution in [0.2, 0.25) is 0 Å². The molecule has 3 nitrogen and oxygen atoms in total. The molecule has 0 saturated heterocycles. The fraction of sp³-hybridized carbons (Fsp3) is 0.190. The van der Waals surface area contributed by atoms with Gasteiger partial charge in [0.05, 0.1) is 10.4 Å². The first-order chi connectivity index (χ1) is 13.2. The third-order valence-corrected chi connectivity index (χ3v) is 5.27. The molecule has 0 radical (unpaired) electrons. The second-order valence-electron chi connectivity index (χ2n) is 6.34. The van der Waals surface area contributed by atoms with E-state index in [-0.39, 0.29) is 5.91 Å². The molecule has 2 aromatic carbocycles. The fourth-order valence-corrected chi connectivity index (χ4v) is 3.34. The first-order valence-electron chi connectivity index (χ1n) is 8.49. The number of halogens is 3. The van der Waals surface area contributed by atoms with Crippen molar-refractivity contribution in [1.82, 2.24) is 0 Å². The van der Waals surface area contributed by atoms with Crippen LogP contribution in [0.25, 0.3) is 0 Å². The van der Waals surface area contributed by atoms with E-state index < -0.39 is 11.7 Å². The van der Waals surface area contributed by atoms with Gasteiger partial charge in [0, 0.05) is 11.3 Å². The molecule has 0 aliphatic carbocycles. The van der Waals surface area contributed by atoms with E-state index in [1.165, 1.54) is 23.5 Å². The van der Waals surface area contributed by atoms with Crippen LogP contribution in [-0.2, 0) is 12.8 Å². The van der Waals surface area contributed by atoms with Crippen molar-refractivity contribution in [2.45, 2.75) is 26.6 Å².